The summed E-state index contributed by atoms with van der Waals surface area (Å²) < 4.78 is 0. The van der Waals surface area contributed by atoms with Gasteiger partial charge in [0.1, 0.15) is 0 Å². The lowest BCUT2D eigenvalue weighted by Gasteiger charge is -2.15. The molecule has 8 nitrogen and oxygen atoms in total. The number of pyridine rings is 1. The third kappa shape index (κ3) is 6.00. The van der Waals surface area contributed by atoms with Crippen LogP contribution in [-0.4, -0.2) is 54.0 Å². The molecule has 3 amide bonds. The molecule has 0 aromatic carbocycles. The van der Waals surface area contributed by atoms with Gasteiger partial charge >= 0.3 is 6.03 Å². The first-order valence-corrected chi connectivity index (χ1v) is 7.21. The van der Waals surface area contributed by atoms with Gasteiger partial charge in [-0.3, -0.25) is 14.7 Å². The second-order valence-corrected chi connectivity index (χ2v) is 4.65. The Labute approximate surface area is 152 Å². The van der Waals surface area contributed by atoms with Gasteiger partial charge < -0.3 is 16.0 Å². The maximum absolute atomic E-state index is 11.5. The van der Waals surface area contributed by atoms with Gasteiger partial charge in [0.05, 0.1) is 18.8 Å². The molecule has 0 bridgehead atoms. The Morgan fingerprint density at radius 3 is 2.83 bits per heavy atom. The SMILES string of the molecule is CCNC(=NCc1ccccn1)NCCN1C(=O)CNC1=O.I. The summed E-state index contributed by atoms with van der Waals surface area (Å²) >= 11 is 0. The molecule has 23 heavy (non-hydrogen) atoms. The molecule has 2 rings (SSSR count). The van der Waals surface area contributed by atoms with Gasteiger partial charge in [-0.25, -0.2) is 9.79 Å². The first-order valence-electron chi connectivity index (χ1n) is 7.21. The van der Waals surface area contributed by atoms with Crippen molar-refractivity contribution in [2.45, 2.75) is 13.5 Å². The highest BCUT2D eigenvalue weighted by atomic mass is 127. The third-order valence-corrected chi connectivity index (χ3v) is 3.03. The second-order valence-electron chi connectivity index (χ2n) is 4.65. The van der Waals surface area contributed by atoms with Crippen molar-refractivity contribution in [1.29, 1.82) is 0 Å². The third-order valence-electron chi connectivity index (χ3n) is 3.03. The highest BCUT2D eigenvalue weighted by Crippen LogP contribution is 1.97. The van der Waals surface area contributed by atoms with Crippen LogP contribution in [0.15, 0.2) is 29.4 Å². The molecule has 1 aliphatic heterocycles. The van der Waals surface area contributed by atoms with Crippen LogP contribution in [0, 0.1) is 0 Å². The largest absolute Gasteiger partial charge is 0.357 e. The topological polar surface area (TPSA) is 98.7 Å². The standard InChI is InChI=1S/C14H20N6O2.HI/c1-2-15-13(18-9-11-5-3-4-6-16-11)17-7-8-20-12(21)10-19-14(20)22;/h3-6H,2,7-10H2,1H3,(H,19,22)(H2,15,17,18);1H. The zero-order valence-corrected chi connectivity index (χ0v) is 15.2. The monoisotopic (exact) mass is 432 g/mol. The molecular weight excluding hydrogens is 411 g/mol. The van der Waals surface area contributed by atoms with Crippen molar-refractivity contribution >= 4 is 41.9 Å². The number of guanidine groups is 1. The van der Waals surface area contributed by atoms with Gasteiger partial charge in [0, 0.05) is 25.8 Å². The van der Waals surface area contributed by atoms with Crippen molar-refractivity contribution in [1.82, 2.24) is 25.8 Å². The van der Waals surface area contributed by atoms with Crippen LogP contribution in [0.3, 0.4) is 0 Å². The lowest BCUT2D eigenvalue weighted by atomic mass is 10.3. The van der Waals surface area contributed by atoms with Crippen LogP contribution in [0.1, 0.15) is 12.6 Å². The molecular formula is C14H21IN6O2. The van der Waals surface area contributed by atoms with Crippen molar-refractivity contribution in [3.05, 3.63) is 30.1 Å². The number of halogens is 1. The molecule has 1 aliphatic rings. The number of imide groups is 1. The van der Waals surface area contributed by atoms with E-state index in [-0.39, 0.29) is 42.5 Å². The molecule has 126 valence electrons. The van der Waals surface area contributed by atoms with Crippen molar-refractivity contribution in [2.24, 2.45) is 4.99 Å². The Balaban J connectivity index is 0.00000264. The van der Waals surface area contributed by atoms with Crippen molar-refractivity contribution in [3.8, 4) is 0 Å². The molecule has 9 heteroatoms. The highest BCUT2D eigenvalue weighted by molar-refractivity contribution is 14.0. The molecule has 1 aromatic heterocycles. The van der Waals surface area contributed by atoms with E-state index in [0.29, 0.717) is 25.6 Å². The van der Waals surface area contributed by atoms with Gasteiger partial charge in [-0.15, -0.1) is 24.0 Å². The number of hydrogen-bond donors (Lipinski definition) is 3. The van der Waals surface area contributed by atoms with E-state index in [0.717, 1.165) is 12.2 Å². The summed E-state index contributed by atoms with van der Waals surface area (Å²) in [5.41, 5.74) is 0.869. The predicted molar refractivity (Wildman–Crippen MR) is 97.6 cm³/mol. The molecule has 0 atom stereocenters. The first kappa shape index (κ1) is 19.1. The fourth-order valence-corrected chi connectivity index (χ4v) is 1.96. The van der Waals surface area contributed by atoms with Crippen LogP contribution in [0.5, 0.6) is 0 Å². The zero-order valence-electron chi connectivity index (χ0n) is 12.9. The number of urea groups is 1. The number of rotatable bonds is 6. The van der Waals surface area contributed by atoms with E-state index in [1.165, 1.54) is 4.90 Å². The molecule has 1 saturated heterocycles. The zero-order chi connectivity index (χ0) is 15.8. The Morgan fingerprint density at radius 1 is 1.39 bits per heavy atom. The Kier molecular flexibility index (Phi) is 8.30. The van der Waals surface area contributed by atoms with Crippen molar-refractivity contribution in [3.63, 3.8) is 0 Å². The number of nitrogens with zero attached hydrogens (tertiary/aromatic N) is 3. The molecule has 0 spiro atoms. The highest BCUT2D eigenvalue weighted by Gasteiger charge is 2.27. The maximum Gasteiger partial charge on any atom is 0.324 e. The quantitative estimate of drug-likeness (QED) is 0.260. The summed E-state index contributed by atoms with van der Waals surface area (Å²) in [7, 11) is 0. The fraction of sp³-hybridized carbons (Fsp3) is 0.429. The van der Waals surface area contributed by atoms with Crippen LogP contribution in [0.25, 0.3) is 0 Å². The molecule has 1 aromatic rings. The number of aromatic nitrogens is 1. The number of nitrogens with one attached hydrogen (secondary N) is 3. The Hall–Kier alpha value is -1.91. The van der Waals surface area contributed by atoms with Crippen LogP contribution < -0.4 is 16.0 Å². The average Bonchev–Trinajstić information content (AvgIpc) is 2.85. The number of carbonyl (C=O) groups is 2. The molecule has 0 radical (unpaired) electrons. The van der Waals surface area contributed by atoms with E-state index in [1.54, 1.807) is 6.20 Å². The number of aliphatic imine (C=N–C) groups is 1. The summed E-state index contributed by atoms with van der Waals surface area (Å²) in [6.07, 6.45) is 1.73. The molecule has 0 unspecified atom stereocenters. The minimum absolute atomic E-state index is 0. The van der Waals surface area contributed by atoms with Crippen molar-refractivity contribution < 1.29 is 9.59 Å². The van der Waals surface area contributed by atoms with Crippen LogP contribution in [0.2, 0.25) is 0 Å². The Bertz CT molecular complexity index is 535. The summed E-state index contributed by atoms with van der Waals surface area (Å²) in [5, 5.41) is 8.69. The number of hydrogen-bond acceptors (Lipinski definition) is 4. The van der Waals surface area contributed by atoms with E-state index in [1.807, 2.05) is 25.1 Å². The summed E-state index contributed by atoms with van der Waals surface area (Å²) in [6.45, 7) is 3.96. The minimum atomic E-state index is -0.345. The van der Waals surface area contributed by atoms with E-state index >= 15 is 0 Å². The number of amides is 3. The molecule has 1 fully saturated rings. The van der Waals surface area contributed by atoms with Gasteiger partial charge in [0.2, 0.25) is 5.91 Å². The molecule has 0 aliphatic carbocycles. The van der Waals surface area contributed by atoms with E-state index < -0.39 is 0 Å². The summed E-state index contributed by atoms with van der Waals surface area (Å²) in [5.74, 6) is 0.419. The summed E-state index contributed by atoms with van der Waals surface area (Å²) in [4.78, 5) is 32.7. The predicted octanol–water partition coefficient (Wildman–Crippen LogP) is 0.306. The van der Waals surface area contributed by atoms with E-state index in [9.17, 15) is 9.59 Å². The van der Waals surface area contributed by atoms with E-state index in [4.69, 9.17) is 0 Å². The smallest absolute Gasteiger partial charge is 0.324 e. The normalized spacial score (nSPS) is 14.3. The van der Waals surface area contributed by atoms with Crippen LogP contribution in [0.4, 0.5) is 4.79 Å². The van der Waals surface area contributed by atoms with Gasteiger partial charge in [-0.05, 0) is 19.1 Å². The molecule has 0 saturated carbocycles. The van der Waals surface area contributed by atoms with Gasteiger partial charge in [0.15, 0.2) is 5.96 Å². The average molecular weight is 432 g/mol. The fourth-order valence-electron chi connectivity index (χ4n) is 1.96. The molecule has 3 N–H and O–H groups in total. The number of carbonyl (C=O) groups excluding carboxylic acids is 2. The second kappa shape index (κ2) is 9.98. The van der Waals surface area contributed by atoms with Crippen LogP contribution in [-0.2, 0) is 11.3 Å². The minimum Gasteiger partial charge on any atom is -0.357 e. The Morgan fingerprint density at radius 2 is 2.22 bits per heavy atom. The molecule has 2 heterocycles. The van der Waals surface area contributed by atoms with Crippen LogP contribution >= 0.6 is 24.0 Å². The lowest BCUT2D eigenvalue weighted by Crippen LogP contribution is -2.43. The van der Waals surface area contributed by atoms with E-state index in [2.05, 4.69) is 25.9 Å². The maximum atomic E-state index is 11.5. The van der Waals surface area contributed by atoms with Crippen molar-refractivity contribution in [2.75, 3.05) is 26.2 Å². The van der Waals surface area contributed by atoms with Gasteiger partial charge in [0.25, 0.3) is 0 Å². The summed E-state index contributed by atoms with van der Waals surface area (Å²) in [6, 6.07) is 5.33. The van der Waals surface area contributed by atoms with Gasteiger partial charge in [-0.2, -0.15) is 0 Å². The first-order chi connectivity index (χ1) is 10.7. The van der Waals surface area contributed by atoms with Gasteiger partial charge in [-0.1, -0.05) is 6.07 Å². The lowest BCUT2D eigenvalue weighted by molar-refractivity contribution is -0.124.